The van der Waals surface area contributed by atoms with E-state index in [1.54, 1.807) is 0 Å². The molecule has 2 fully saturated rings. The molecule has 1 N–H and O–H groups in total. The smallest absolute Gasteiger partial charge is 0.0771 e. The summed E-state index contributed by atoms with van der Waals surface area (Å²) in [6, 6.07) is 0.615. The molecule has 2 aliphatic carbocycles. The number of allylic oxidation sites excluding steroid dienone is 1. The van der Waals surface area contributed by atoms with Crippen molar-refractivity contribution in [1.29, 1.82) is 0 Å². The zero-order valence-electron chi connectivity index (χ0n) is 11.2. The van der Waals surface area contributed by atoms with Crippen LogP contribution >= 0.6 is 0 Å². The van der Waals surface area contributed by atoms with E-state index >= 15 is 0 Å². The maximum Gasteiger partial charge on any atom is 0.0771 e. The lowest BCUT2D eigenvalue weighted by Gasteiger charge is -2.40. The van der Waals surface area contributed by atoms with E-state index in [-0.39, 0.29) is 0 Å². The van der Waals surface area contributed by atoms with Crippen molar-refractivity contribution in [2.24, 2.45) is 11.8 Å². The summed E-state index contributed by atoms with van der Waals surface area (Å²) in [6.07, 6.45) is 14.1. The molecule has 4 unspecified atom stereocenters. The second-order valence-electron chi connectivity index (χ2n) is 6.07. The molecule has 1 saturated carbocycles. The van der Waals surface area contributed by atoms with Gasteiger partial charge in [0.25, 0.3) is 0 Å². The zero-order valence-corrected chi connectivity index (χ0v) is 11.2. The molecular weight excluding hydrogens is 238 g/mol. The number of hydrogen-bond acceptors (Lipinski definition) is 3. The van der Waals surface area contributed by atoms with Crippen molar-refractivity contribution in [3.8, 4) is 0 Å². The van der Waals surface area contributed by atoms with Gasteiger partial charge in [0, 0.05) is 24.8 Å². The van der Waals surface area contributed by atoms with Gasteiger partial charge < -0.3 is 10.1 Å². The van der Waals surface area contributed by atoms with Crippen molar-refractivity contribution in [2.45, 2.75) is 44.4 Å². The van der Waals surface area contributed by atoms with Crippen LogP contribution in [0.3, 0.4) is 0 Å². The van der Waals surface area contributed by atoms with Crippen LogP contribution in [0.25, 0.3) is 0 Å². The standard InChI is InChI=1S/C15H21N3O/c1-3-11-7-15(14(11)5-1)17-12-8-16-18(9-12)10-13-4-2-6-19-13/h1,5,8-9,11,13-15,17H,2-4,6-7,10H2. The number of anilines is 1. The number of nitrogens with zero attached hydrogens (tertiary/aromatic N) is 2. The van der Waals surface area contributed by atoms with Crippen molar-refractivity contribution in [3.63, 3.8) is 0 Å². The lowest BCUT2D eigenvalue weighted by atomic mass is 9.71. The fraction of sp³-hybridized carbons (Fsp3) is 0.667. The Kier molecular flexibility index (Phi) is 2.84. The van der Waals surface area contributed by atoms with Crippen LogP contribution in [0.15, 0.2) is 24.5 Å². The first kappa shape index (κ1) is 11.5. The highest BCUT2D eigenvalue weighted by molar-refractivity contribution is 5.41. The first-order chi connectivity index (χ1) is 9.38. The SMILES string of the molecule is C1=CC2C(C1)CC2Nc1cnn(CC2CCCO2)c1. The molecule has 102 valence electrons. The Morgan fingerprint density at radius 3 is 3.32 bits per heavy atom. The van der Waals surface area contributed by atoms with E-state index in [0.717, 1.165) is 30.7 Å². The first-order valence-electron chi connectivity index (χ1n) is 7.46. The van der Waals surface area contributed by atoms with Crippen molar-refractivity contribution < 1.29 is 4.74 Å². The quantitative estimate of drug-likeness (QED) is 0.844. The molecule has 1 aliphatic heterocycles. The van der Waals surface area contributed by atoms with Gasteiger partial charge in [-0.05, 0) is 31.6 Å². The van der Waals surface area contributed by atoms with Gasteiger partial charge in [-0.2, -0.15) is 5.10 Å². The lowest BCUT2D eigenvalue weighted by molar-refractivity contribution is 0.0940. The highest BCUT2D eigenvalue weighted by atomic mass is 16.5. The minimum atomic E-state index is 0.360. The van der Waals surface area contributed by atoms with Crippen molar-refractivity contribution in [3.05, 3.63) is 24.5 Å². The highest BCUT2D eigenvalue weighted by Crippen LogP contribution is 2.43. The Bertz CT molecular complexity index is 475. The van der Waals surface area contributed by atoms with Crippen molar-refractivity contribution in [1.82, 2.24) is 9.78 Å². The van der Waals surface area contributed by atoms with E-state index in [9.17, 15) is 0 Å². The van der Waals surface area contributed by atoms with Crippen LogP contribution < -0.4 is 5.32 Å². The number of rotatable bonds is 4. The molecule has 1 saturated heterocycles. The molecule has 0 amide bonds. The molecule has 1 aromatic heterocycles. The monoisotopic (exact) mass is 259 g/mol. The zero-order chi connectivity index (χ0) is 12.7. The molecule has 0 spiro atoms. The number of hydrogen-bond donors (Lipinski definition) is 1. The Hall–Kier alpha value is -1.29. The molecule has 3 aliphatic rings. The molecule has 4 nitrogen and oxygen atoms in total. The summed E-state index contributed by atoms with van der Waals surface area (Å²) in [5, 5.41) is 8.05. The highest BCUT2D eigenvalue weighted by Gasteiger charge is 2.40. The second kappa shape index (κ2) is 4.67. The Morgan fingerprint density at radius 1 is 1.47 bits per heavy atom. The normalized spacial score (nSPS) is 36.2. The minimum Gasteiger partial charge on any atom is -0.379 e. The van der Waals surface area contributed by atoms with Crippen LogP contribution in [0, 0.1) is 11.8 Å². The Labute approximate surface area is 113 Å². The van der Waals surface area contributed by atoms with Crippen LogP contribution in [0.5, 0.6) is 0 Å². The topological polar surface area (TPSA) is 39.1 Å². The number of fused-ring (bicyclic) bond motifs is 1. The van der Waals surface area contributed by atoms with Gasteiger partial charge in [0.15, 0.2) is 0 Å². The molecule has 4 heteroatoms. The van der Waals surface area contributed by atoms with Gasteiger partial charge in [0.1, 0.15) is 0 Å². The number of nitrogens with one attached hydrogen (secondary N) is 1. The molecular formula is C15H21N3O. The van der Waals surface area contributed by atoms with Crippen LogP contribution in [0.4, 0.5) is 5.69 Å². The lowest BCUT2D eigenvalue weighted by Crippen LogP contribution is -2.43. The van der Waals surface area contributed by atoms with Gasteiger partial charge >= 0.3 is 0 Å². The van der Waals surface area contributed by atoms with Crippen LogP contribution in [0.2, 0.25) is 0 Å². The fourth-order valence-corrected chi connectivity index (χ4v) is 3.63. The van der Waals surface area contributed by atoms with Crippen LogP contribution in [0.1, 0.15) is 25.7 Å². The average molecular weight is 259 g/mol. The van der Waals surface area contributed by atoms with Gasteiger partial charge in [-0.3, -0.25) is 4.68 Å². The first-order valence-corrected chi connectivity index (χ1v) is 7.46. The van der Waals surface area contributed by atoms with E-state index in [1.807, 2.05) is 10.9 Å². The molecule has 19 heavy (non-hydrogen) atoms. The molecule has 1 aromatic rings. The third kappa shape index (κ3) is 2.18. The van der Waals surface area contributed by atoms with Crippen molar-refractivity contribution >= 4 is 5.69 Å². The summed E-state index contributed by atoms with van der Waals surface area (Å²) in [4.78, 5) is 0. The van der Waals surface area contributed by atoms with Gasteiger partial charge in [-0.1, -0.05) is 12.2 Å². The molecule has 4 atom stereocenters. The van der Waals surface area contributed by atoms with Gasteiger partial charge in [0.05, 0.1) is 24.5 Å². The third-order valence-electron chi connectivity index (χ3n) is 4.76. The van der Waals surface area contributed by atoms with Crippen LogP contribution in [-0.2, 0) is 11.3 Å². The fourth-order valence-electron chi connectivity index (χ4n) is 3.63. The maximum absolute atomic E-state index is 5.65. The Balaban J connectivity index is 1.34. The maximum atomic E-state index is 5.65. The van der Waals surface area contributed by atoms with E-state index in [0.29, 0.717) is 12.1 Å². The van der Waals surface area contributed by atoms with Gasteiger partial charge in [-0.25, -0.2) is 0 Å². The third-order valence-corrected chi connectivity index (χ3v) is 4.76. The predicted molar refractivity (Wildman–Crippen MR) is 74.0 cm³/mol. The van der Waals surface area contributed by atoms with Gasteiger partial charge in [-0.15, -0.1) is 0 Å². The molecule has 2 heterocycles. The summed E-state index contributed by atoms with van der Waals surface area (Å²) in [6.45, 7) is 1.80. The summed E-state index contributed by atoms with van der Waals surface area (Å²) >= 11 is 0. The molecule has 4 rings (SSSR count). The van der Waals surface area contributed by atoms with E-state index < -0.39 is 0 Å². The summed E-state index contributed by atoms with van der Waals surface area (Å²) in [7, 11) is 0. The molecule has 0 radical (unpaired) electrons. The molecule has 0 aromatic carbocycles. The number of aromatic nitrogens is 2. The van der Waals surface area contributed by atoms with E-state index in [4.69, 9.17) is 4.74 Å². The largest absolute Gasteiger partial charge is 0.379 e. The van der Waals surface area contributed by atoms with Crippen molar-refractivity contribution in [2.75, 3.05) is 11.9 Å². The van der Waals surface area contributed by atoms with E-state index in [2.05, 4.69) is 28.8 Å². The molecule has 0 bridgehead atoms. The minimum absolute atomic E-state index is 0.360. The Morgan fingerprint density at radius 2 is 2.47 bits per heavy atom. The predicted octanol–water partition coefficient (Wildman–Crippen LogP) is 2.44. The summed E-state index contributed by atoms with van der Waals surface area (Å²) in [5.41, 5.74) is 1.15. The average Bonchev–Trinajstić information content (AvgIpc) is 3.09. The second-order valence-corrected chi connectivity index (χ2v) is 6.07. The van der Waals surface area contributed by atoms with E-state index in [1.165, 1.54) is 25.7 Å². The number of ether oxygens (including phenoxy) is 1. The van der Waals surface area contributed by atoms with Gasteiger partial charge in [0.2, 0.25) is 0 Å². The summed E-state index contributed by atoms with van der Waals surface area (Å²) < 4.78 is 7.66. The van der Waals surface area contributed by atoms with Crippen LogP contribution in [-0.4, -0.2) is 28.5 Å². The summed E-state index contributed by atoms with van der Waals surface area (Å²) in [5.74, 6) is 1.65.